The Morgan fingerprint density at radius 3 is 2.73 bits per heavy atom. The number of nitrogens with zero attached hydrogens (tertiary/aromatic N) is 2. The van der Waals surface area contributed by atoms with Crippen LogP contribution in [0.3, 0.4) is 0 Å². The molecule has 0 bridgehead atoms. The zero-order valence-corrected chi connectivity index (χ0v) is 16.3. The minimum absolute atomic E-state index is 0.240. The number of likely N-dealkylation sites (N-methyl/N-ethyl adjacent to an activating group) is 1. The van der Waals surface area contributed by atoms with Crippen LogP contribution >= 0.6 is 0 Å². The van der Waals surface area contributed by atoms with Gasteiger partial charge in [0.25, 0.3) is 0 Å². The van der Waals surface area contributed by atoms with Crippen LogP contribution in [0.15, 0.2) is 18.2 Å². The van der Waals surface area contributed by atoms with Crippen LogP contribution in [0.4, 0.5) is 0 Å². The van der Waals surface area contributed by atoms with E-state index in [0.717, 1.165) is 68.6 Å². The second kappa shape index (κ2) is 8.81. The fraction of sp³-hybridized carbons (Fsp3) is 0.636. The van der Waals surface area contributed by atoms with Crippen molar-refractivity contribution in [2.75, 3.05) is 26.2 Å². The van der Waals surface area contributed by atoms with E-state index in [1.165, 1.54) is 6.42 Å². The third-order valence-corrected chi connectivity index (χ3v) is 5.99. The molecule has 0 spiro atoms. The molecule has 26 heavy (non-hydrogen) atoms. The van der Waals surface area contributed by atoms with Crippen LogP contribution in [-0.2, 0) is 17.6 Å². The van der Waals surface area contributed by atoms with Crippen LogP contribution < -0.4 is 0 Å². The first-order chi connectivity index (χ1) is 12.6. The van der Waals surface area contributed by atoms with E-state index < -0.39 is 0 Å². The number of amides is 1. The number of Topliss-reactive ketones (excluding diaryl/α,β-unsaturated/α-hetero) is 1. The van der Waals surface area contributed by atoms with Crippen molar-refractivity contribution in [3.63, 3.8) is 0 Å². The molecule has 1 aromatic rings. The van der Waals surface area contributed by atoms with Crippen LogP contribution in [0.25, 0.3) is 0 Å². The van der Waals surface area contributed by atoms with Gasteiger partial charge in [0.2, 0.25) is 5.91 Å². The third-order valence-electron chi connectivity index (χ3n) is 5.99. The highest BCUT2D eigenvalue weighted by Crippen LogP contribution is 2.24. The van der Waals surface area contributed by atoms with Crippen molar-refractivity contribution in [3.8, 4) is 0 Å². The molecule has 142 valence electrons. The zero-order chi connectivity index (χ0) is 18.5. The molecular weight excluding hydrogens is 324 g/mol. The molecular formula is C22H32N2O2. The van der Waals surface area contributed by atoms with E-state index in [-0.39, 0.29) is 11.7 Å². The highest BCUT2D eigenvalue weighted by molar-refractivity contribution is 5.98. The SMILES string of the molecule is CCN(CC)C[C@@H]1CCCCN1C(=O)Cc1ccc2c(c1)CCCC2=O. The molecule has 0 N–H and O–H groups in total. The minimum atomic E-state index is 0.240. The molecule has 1 aliphatic heterocycles. The summed E-state index contributed by atoms with van der Waals surface area (Å²) >= 11 is 0. The van der Waals surface area contributed by atoms with Gasteiger partial charge in [-0.3, -0.25) is 9.59 Å². The van der Waals surface area contributed by atoms with Gasteiger partial charge in [-0.2, -0.15) is 0 Å². The summed E-state index contributed by atoms with van der Waals surface area (Å²) in [5.74, 6) is 0.489. The van der Waals surface area contributed by atoms with Gasteiger partial charge >= 0.3 is 0 Å². The highest BCUT2D eigenvalue weighted by atomic mass is 16.2. The molecule has 3 rings (SSSR count). The molecule has 1 fully saturated rings. The largest absolute Gasteiger partial charge is 0.338 e. The molecule has 0 aromatic heterocycles. The van der Waals surface area contributed by atoms with Gasteiger partial charge in [-0.25, -0.2) is 0 Å². The first kappa shape index (κ1) is 19.1. The lowest BCUT2D eigenvalue weighted by atomic mass is 9.89. The lowest BCUT2D eigenvalue weighted by Crippen LogP contribution is -2.50. The first-order valence-electron chi connectivity index (χ1n) is 10.3. The topological polar surface area (TPSA) is 40.6 Å². The summed E-state index contributed by atoms with van der Waals surface area (Å²) in [6.07, 6.45) is 6.44. The summed E-state index contributed by atoms with van der Waals surface area (Å²) in [7, 11) is 0. The average Bonchev–Trinajstić information content (AvgIpc) is 2.66. The van der Waals surface area contributed by atoms with Crippen molar-refractivity contribution in [1.82, 2.24) is 9.80 Å². The molecule has 0 saturated carbocycles. The Labute approximate surface area is 157 Å². The maximum atomic E-state index is 13.0. The van der Waals surface area contributed by atoms with Gasteiger partial charge in [0.15, 0.2) is 5.78 Å². The van der Waals surface area contributed by atoms with Crippen molar-refractivity contribution in [2.45, 2.75) is 64.8 Å². The van der Waals surface area contributed by atoms with E-state index in [9.17, 15) is 9.59 Å². The van der Waals surface area contributed by atoms with Gasteiger partial charge in [0, 0.05) is 31.1 Å². The molecule has 1 amide bonds. The van der Waals surface area contributed by atoms with Crippen LogP contribution in [-0.4, -0.2) is 53.7 Å². The van der Waals surface area contributed by atoms with Crippen LogP contribution in [0.2, 0.25) is 0 Å². The lowest BCUT2D eigenvalue weighted by molar-refractivity contribution is -0.134. The van der Waals surface area contributed by atoms with Crippen molar-refractivity contribution in [3.05, 3.63) is 34.9 Å². The normalized spacial score (nSPS) is 20.3. The smallest absolute Gasteiger partial charge is 0.227 e. The Bertz CT molecular complexity index is 652. The number of rotatable bonds is 6. The number of benzene rings is 1. The predicted molar refractivity (Wildman–Crippen MR) is 105 cm³/mol. The molecule has 0 radical (unpaired) electrons. The number of ketones is 1. The van der Waals surface area contributed by atoms with Gasteiger partial charge in [0.05, 0.1) is 6.42 Å². The maximum absolute atomic E-state index is 13.0. The fourth-order valence-corrected chi connectivity index (χ4v) is 4.38. The first-order valence-corrected chi connectivity index (χ1v) is 10.3. The number of aryl methyl sites for hydroxylation is 1. The molecule has 1 atom stereocenters. The Balaban J connectivity index is 1.68. The molecule has 4 heteroatoms. The van der Waals surface area contributed by atoms with E-state index in [4.69, 9.17) is 0 Å². The number of carbonyl (C=O) groups excluding carboxylic acids is 2. The van der Waals surface area contributed by atoms with Gasteiger partial charge in [-0.15, -0.1) is 0 Å². The molecule has 1 aliphatic carbocycles. The highest BCUT2D eigenvalue weighted by Gasteiger charge is 2.28. The standard InChI is InChI=1S/C22H32N2O2/c1-3-23(4-2)16-19-9-5-6-13-24(19)22(26)15-17-11-12-20-18(14-17)8-7-10-21(20)25/h11-12,14,19H,3-10,13,15-16H2,1-2H3/t19-/m0/s1. The van der Waals surface area contributed by atoms with Crippen molar-refractivity contribution >= 4 is 11.7 Å². The number of likely N-dealkylation sites (tertiary alicyclic amines) is 1. The summed E-state index contributed by atoms with van der Waals surface area (Å²) in [6, 6.07) is 6.34. The maximum Gasteiger partial charge on any atom is 0.227 e. The molecule has 2 aliphatic rings. The van der Waals surface area contributed by atoms with Crippen LogP contribution in [0.1, 0.15) is 67.4 Å². The molecule has 0 unspecified atom stereocenters. The summed E-state index contributed by atoms with van der Waals surface area (Å²) in [4.78, 5) is 29.5. The van der Waals surface area contributed by atoms with Gasteiger partial charge in [-0.1, -0.05) is 32.0 Å². The van der Waals surface area contributed by atoms with E-state index >= 15 is 0 Å². The molecule has 1 heterocycles. The van der Waals surface area contributed by atoms with Crippen molar-refractivity contribution in [1.29, 1.82) is 0 Å². The van der Waals surface area contributed by atoms with Crippen LogP contribution in [0.5, 0.6) is 0 Å². The fourth-order valence-electron chi connectivity index (χ4n) is 4.38. The number of piperidine rings is 1. The second-order valence-electron chi connectivity index (χ2n) is 7.67. The van der Waals surface area contributed by atoms with E-state index in [1.54, 1.807) is 0 Å². The summed E-state index contributed by atoms with van der Waals surface area (Å²) in [6.45, 7) is 8.31. The Kier molecular flexibility index (Phi) is 6.47. The lowest BCUT2D eigenvalue weighted by Gasteiger charge is -2.38. The van der Waals surface area contributed by atoms with Gasteiger partial charge in [-0.05, 0) is 56.3 Å². The van der Waals surface area contributed by atoms with E-state index in [0.29, 0.717) is 18.9 Å². The average molecular weight is 357 g/mol. The summed E-state index contributed by atoms with van der Waals surface area (Å²) < 4.78 is 0. The third kappa shape index (κ3) is 4.35. The Morgan fingerprint density at radius 1 is 1.15 bits per heavy atom. The van der Waals surface area contributed by atoms with E-state index in [1.807, 2.05) is 12.1 Å². The van der Waals surface area contributed by atoms with Gasteiger partial charge < -0.3 is 9.80 Å². The number of carbonyl (C=O) groups is 2. The second-order valence-corrected chi connectivity index (χ2v) is 7.67. The van der Waals surface area contributed by atoms with Crippen LogP contribution in [0, 0.1) is 0 Å². The molecule has 1 aromatic carbocycles. The number of fused-ring (bicyclic) bond motifs is 1. The number of hydrogen-bond acceptors (Lipinski definition) is 3. The molecule has 4 nitrogen and oxygen atoms in total. The summed E-state index contributed by atoms with van der Waals surface area (Å²) in [5.41, 5.74) is 3.05. The monoisotopic (exact) mass is 356 g/mol. The van der Waals surface area contributed by atoms with Gasteiger partial charge in [0.1, 0.15) is 0 Å². The van der Waals surface area contributed by atoms with Crippen molar-refractivity contribution in [2.24, 2.45) is 0 Å². The summed E-state index contributed by atoms with van der Waals surface area (Å²) in [5, 5.41) is 0. The molecule has 1 saturated heterocycles. The number of hydrogen-bond donors (Lipinski definition) is 0. The van der Waals surface area contributed by atoms with Crippen molar-refractivity contribution < 1.29 is 9.59 Å². The Hall–Kier alpha value is -1.68. The van der Waals surface area contributed by atoms with E-state index in [2.05, 4.69) is 29.7 Å². The zero-order valence-electron chi connectivity index (χ0n) is 16.3. The Morgan fingerprint density at radius 2 is 1.96 bits per heavy atom. The predicted octanol–water partition coefficient (Wildman–Crippen LogP) is 3.47. The minimum Gasteiger partial charge on any atom is -0.338 e. The quantitative estimate of drug-likeness (QED) is 0.784.